The van der Waals surface area contributed by atoms with Gasteiger partial charge in [0.25, 0.3) is 5.56 Å². The van der Waals surface area contributed by atoms with E-state index in [-0.39, 0.29) is 18.0 Å². The van der Waals surface area contributed by atoms with E-state index in [0.29, 0.717) is 17.4 Å². The molecule has 1 N–H and O–H groups in total. The molecule has 114 valence electrons. The fraction of sp³-hybridized carbons (Fsp3) is 0.312. The molecule has 1 aromatic carbocycles. The number of hydrogen-bond donors (Lipinski definition) is 1. The maximum absolute atomic E-state index is 12.4. The van der Waals surface area contributed by atoms with E-state index in [1.54, 1.807) is 16.3 Å². The van der Waals surface area contributed by atoms with Crippen LogP contribution in [0.5, 0.6) is 0 Å². The van der Waals surface area contributed by atoms with Gasteiger partial charge in [-0.2, -0.15) is 5.10 Å². The maximum atomic E-state index is 12.4. The SMILES string of the molecule is CCCNC(=O)Cn1ncc2c(=O)n(C)c3ccccc3c21. The molecule has 0 atom stereocenters. The van der Waals surface area contributed by atoms with Crippen molar-refractivity contribution in [3.05, 3.63) is 40.8 Å². The van der Waals surface area contributed by atoms with Crippen LogP contribution >= 0.6 is 0 Å². The predicted octanol–water partition coefficient (Wildman–Crippen LogP) is 1.41. The highest BCUT2D eigenvalue weighted by atomic mass is 16.2. The molecule has 3 aromatic rings. The lowest BCUT2D eigenvalue weighted by atomic mass is 10.1. The van der Waals surface area contributed by atoms with E-state index in [4.69, 9.17) is 0 Å². The van der Waals surface area contributed by atoms with Gasteiger partial charge in [-0.15, -0.1) is 0 Å². The van der Waals surface area contributed by atoms with Crippen LogP contribution < -0.4 is 10.9 Å². The molecule has 0 radical (unpaired) electrons. The zero-order chi connectivity index (χ0) is 15.7. The number of para-hydroxylation sites is 1. The topological polar surface area (TPSA) is 68.9 Å². The standard InChI is InChI=1S/C16H18N4O2/c1-3-8-17-14(21)10-20-15-11-6-4-5-7-13(11)19(2)16(22)12(15)9-18-20/h4-7,9H,3,8,10H2,1-2H3,(H,17,21). The highest BCUT2D eigenvalue weighted by molar-refractivity contribution is 6.03. The molecule has 3 rings (SSSR count). The molecule has 0 aliphatic rings. The van der Waals surface area contributed by atoms with E-state index in [1.165, 1.54) is 6.20 Å². The first-order valence-corrected chi connectivity index (χ1v) is 7.33. The number of aryl methyl sites for hydroxylation is 1. The number of hydrogen-bond acceptors (Lipinski definition) is 3. The van der Waals surface area contributed by atoms with Gasteiger partial charge in [-0.05, 0) is 12.5 Å². The number of pyridine rings is 1. The first kappa shape index (κ1) is 14.3. The van der Waals surface area contributed by atoms with Crippen molar-refractivity contribution >= 4 is 27.7 Å². The monoisotopic (exact) mass is 298 g/mol. The van der Waals surface area contributed by atoms with Gasteiger partial charge in [0.15, 0.2) is 0 Å². The fourth-order valence-electron chi connectivity index (χ4n) is 2.66. The van der Waals surface area contributed by atoms with Crippen LogP contribution in [0.4, 0.5) is 0 Å². The zero-order valence-corrected chi connectivity index (χ0v) is 12.7. The van der Waals surface area contributed by atoms with Crippen LogP contribution in [0.15, 0.2) is 35.3 Å². The molecule has 2 heterocycles. The molecular formula is C16H18N4O2. The van der Waals surface area contributed by atoms with Crippen LogP contribution in [0, 0.1) is 0 Å². The third-order valence-electron chi connectivity index (χ3n) is 3.76. The first-order valence-electron chi connectivity index (χ1n) is 7.33. The Balaban J connectivity index is 2.17. The summed E-state index contributed by atoms with van der Waals surface area (Å²) in [5.74, 6) is -0.100. The van der Waals surface area contributed by atoms with Gasteiger partial charge in [-0.25, -0.2) is 0 Å². The normalized spacial score (nSPS) is 11.2. The summed E-state index contributed by atoms with van der Waals surface area (Å²) in [6.45, 7) is 2.75. The minimum Gasteiger partial charge on any atom is -0.355 e. The first-order chi connectivity index (χ1) is 10.6. The van der Waals surface area contributed by atoms with Gasteiger partial charge >= 0.3 is 0 Å². The number of rotatable bonds is 4. The summed E-state index contributed by atoms with van der Waals surface area (Å²) in [5, 5.41) is 8.51. The van der Waals surface area contributed by atoms with Crippen molar-refractivity contribution in [1.29, 1.82) is 0 Å². The third kappa shape index (κ3) is 2.26. The predicted molar refractivity (Wildman–Crippen MR) is 85.8 cm³/mol. The molecule has 0 aliphatic heterocycles. The smallest absolute Gasteiger partial charge is 0.261 e. The minimum atomic E-state index is -0.103. The highest BCUT2D eigenvalue weighted by Crippen LogP contribution is 2.21. The van der Waals surface area contributed by atoms with Gasteiger partial charge in [-0.3, -0.25) is 14.3 Å². The van der Waals surface area contributed by atoms with Crippen molar-refractivity contribution in [3.8, 4) is 0 Å². The molecule has 1 amide bonds. The number of fused-ring (bicyclic) bond motifs is 3. The second-order valence-corrected chi connectivity index (χ2v) is 5.30. The van der Waals surface area contributed by atoms with Crippen molar-refractivity contribution in [2.45, 2.75) is 19.9 Å². The van der Waals surface area contributed by atoms with E-state index in [2.05, 4.69) is 10.4 Å². The van der Waals surface area contributed by atoms with E-state index in [0.717, 1.165) is 17.3 Å². The van der Waals surface area contributed by atoms with Gasteiger partial charge in [0, 0.05) is 19.0 Å². The van der Waals surface area contributed by atoms with Crippen molar-refractivity contribution in [3.63, 3.8) is 0 Å². The summed E-state index contributed by atoms with van der Waals surface area (Å²) < 4.78 is 3.21. The van der Waals surface area contributed by atoms with E-state index in [1.807, 2.05) is 31.2 Å². The number of aromatic nitrogens is 3. The number of benzene rings is 1. The lowest BCUT2D eigenvalue weighted by Crippen LogP contribution is -2.28. The Hall–Kier alpha value is -2.63. The summed E-state index contributed by atoms with van der Waals surface area (Å²) in [6.07, 6.45) is 2.42. The molecule has 0 saturated heterocycles. The highest BCUT2D eigenvalue weighted by Gasteiger charge is 2.14. The summed E-state index contributed by atoms with van der Waals surface area (Å²) in [5.41, 5.74) is 1.44. The molecule has 0 spiro atoms. The minimum absolute atomic E-state index is 0.100. The average Bonchev–Trinajstić information content (AvgIpc) is 2.94. The Labute approximate surface area is 127 Å². The lowest BCUT2D eigenvalue weighted by Gasteiger charge is -2.09. The van der Waals surface area contributed by atoms with Gasteiger partial charge in [0.1, 0.15) is 6.54 Å². The Morgan fingerprint density at radius 2 is 2.05 bits per heavy atom. The van der Waals surface area contributed by atoms with Crippen LogP contribution in [-0.4, -0.2) is 26.8 Å². The maximum Gasteiger partial charge on any atom is 0.261 e. The van der Waals surface area contributed by atoms with Gasteiger partial charge in [0.05, 0.1) is 22.6 Å². The lowest BCUT2D eigenvalue weighted by molar-refractivity contribution is -0.121. The third-order valence-corrected chi connectivity index (χ3v) is 3.76. The number of amides is 1. The molecule has 0 saturated carbocycles. The van der Waals surface area contributed by atoms with Crippen molar-refractivity contribution < 1.29 is 4.79 Å². The molecule has 0 unspecified atom stereocenters. The summed E-state index contributed by atoms with van der Waals surface area (Å²) in [6, 6.07) is 7.65. The summed E-state index contributed by atoms with van der Waals surface area (Å²) >= 11 is 0. The Bertz CT molecular complexity index is 908. The number of nitrogens with zero attached hydrogens (tertiary/aromatic N) is 3. The molecule has 0 bridgehead atoms. The molecular weight excluding hydrogens is 280 g/mol. The van der Waals surface area contributed by atoms with E-state index in [9.17, 15) is 9.59 Å². The van der Waals surface area contributed by atoms with Crippen molar-refractivity contribution in [2.24, 2.45) is 7.05 Å². The molecule has 6 nitrogen and oxygen atoms in total. The van der Waals surface area contributed by atoms with Crippen LogP contribution in [-0.2, 0) is 18.4 Å². The Morgan fingerprint density at radius 1 is 1.27 bits per heavy atom. The van der Waals surface area contributed by atoms with Crippen LogP contribution in [0.25, 0.3) is 21.8 Å². The quantitative estimate of drug-likeness (QED) is 0.792. The largest absolute Gasteiger partial charge is 0.355 e. The number of carbonyl (C=O) groups is 1. The fourth-order valence-corrected chi connectivity index (χ4v) is 2.66. The Morgan fingerprint density at radius 3 is 2.82 bits per heavy atom. The molecule has 0 fully saturated rings. The van der Waals surface area contributed by atoms with E-state index >= 15 is 0 Å². The average molecular weight is 298 g/mol. The van der Waals surface area contributed by atoms with Crippen LogP contribution in [0.3, 0.4) is 0 Å². The molecule has 6 heteroatoms. The number of carbonyl (C=O) groups excluding carboxylic acids is 1. The van der Waals surface area contributed by atoms with Crippen LogP contribution in [0.2, 0.25) is 0 Å². The van der Waals surface area contributed by atoms with Gasteiger partial charge in [0.2, 0.25) is 5.91 Å². The second kappa shape index (κ2) is 5.63. The summed E-state index contributed by atoms with van der Waals surface area (Å²) in [4.78, 5) is 24.4. The zero-order valence-electron chi connectivity index (χ0n) is 12.7. The van der Waals surface area contributed by atoms with Crippen molar-refractivity contribution in [2.75, 3.05) is 6.54 Å². The number of nitrogens with one attached hydrogen (secondary N) is 1. The molecule has 2 aromatic heterocycles. The van der Waals surface area contributed by atoms with Crippen molar-refractivity contribution in [1.82, 2.24) is 19.7 Å². The molecule has 22 heavy (non-hydrogen) atoms. The molecule has 0 aliphatic carbocycles. The Kier molecular flexibility index (Phi) is 3.66. The summed E-state index contributed by atoms with van der Waals surface area (Å²) in [7, 11) is 1.75. The van der Waals surface area contributed by atoms with Gasteiger partial charge in [-0.1, -0.05) is 25.1 Å². The van der Waals surface area contributed by atoms with E-state index < -0.39 is 0 Å². The van der Waals surface area contributed by atoms with Crippen LogP contribution in [0.1, 0.15) is 13.3 Å². The van der Waals surface area contributed by atoms with Gasteiger partial charge < -0.3 is 9.88 Å². The second-order valence-electron chi connectivity index (χ2n) is 5.30.